The van der Waals surface area contributed by atoms with Crippen molar-refractivity contribution in [1.82, 2.24) is 0 Å². The average Bonchev–Trinajstić information content (AvgIpc) is 3.14. The van der Waals surface area contributed by atoms with Gasteiger partial charge >= 0.3 is 0 Å². The minimum absolute atomic E-state index is 0.0412. The lowest BCUT2D eigenvalue weighted by Gasteiger charge is -2.66. The minimum Gasteiger partial charge on any atom is -0.311 e. The molecule has 0 aromatic heterocycles. The van der Waals surface area contributed by atoms with Crippen molar-refractivity contribution in [2.24, 2.45) is 16.2 Å². The van der Waals surface area contributed by atoms with Gasteiger partial charge in [0.25, 0.3) is 0 Å². The molecule has 3 atom stereocenters. The Labute approximate surface area is 162 Å². The fourth-order valence-electron chi connectivity index (χ4n) is 5.46. The molecule has 0 spiro atoms. The number of carbonyl (C=O) groups excluding carboxylic acids is 1. The molecule has 5 heteroatoms. The Bertz CT molecular complexity index is 689. The van der Waals surface area contributed by atoms with Gasteiger partial charge in [0.2, 0.25) is 5.91 Å². The number of halogens is 3. The molecule has 0 radical (unpaired) electrons. The molecule has 23 heavy (non-hydrogen) atoms. The second-order valence-corrected chi connectivity index (χ2v) is 11.6. The first-order valence-electron chi connectivity index (χ1n) is 8.13. The predicted octanol–water partition coefficient (Wildman–Crippen LogP) is 5.26. The van der Waals surface area contributed by atoms with Crippen LogP contribution in [-0.4, -0.2) is 21.0 Å². The number of nitrogens with zero attached hydrogens (tertiary/aromatic N) is 1. The van der Waals surface area contributed by atoms with Gasteiger partial charge in [-0.1, -0.05) is 79.8 Å². The summed E-state index contributed by atoms with van der Waals surface area (Å²) in [5, 5.41) is 0. The van der Waals surface area contributed by atoms with Crippen LogP contribution in [0.5, 0.6) is 0 Å². The number of para-hydroxylation sites is 1. The van der Waals surface area contributed by atoms with E-state index in [4.69, 9.17) is 0 Å². The molecule has 2 nitrogen and oxygen atoms in total. The summed E-state index contributed by atoms with van der Waals surface area (Å²) in [6, 6.07) is 8.33. The Morgan fingerprint density at radius 3 is 2.57 bits per heavy atom. The number of alkyl halides is 3. The third-order valence-electron chi connectivity index (χ3n) is 7.00. The standard InChI is InChI=1S/C18H20Br3NO/c1-16(2)17(14(20)21)8-9-18(16,13(17)19)15(23)22-10-7-11-5-3-4-6-12(11)22/h3-6,13-14H,7-10H2,1-2H3. The summed E-state index contributed by atoms with van der Waals surface area (Å²) in [4.78, 5) is 15.9. The zero-order valence-electron chi connectivity index (χ0n) is 13.3. The molecular weight excluding hydrogens is 486 g/mol. The molecule has 4 aliphatic rings. The summed E-state index contributed by atoms with van der Waals surface area (Å²) in [5.41, 5.74) is 2.15. The fraction of sp³-hybridized carbons (Fsp3) is 0.611. The molecule has 3 fully saturated rings. The summed E-state index contributed by atoms with van der Waals surface area (Å²) >= 11 is 11.4. The Hall–Kier alpha value is 0.130. The Morgan fingerprint density at radius 2 is 1.96 bits per heavy atom. The zero-order chi connectivity index (χ0) is 16.6. The van der Waals surface area contributed by atoms with Gasteiger partial charge in [-0.15, -0.1) is 0 Å². The van der Waals surface area contributed by atoms with E-state index in [1.807, 2.05) is 11.0 Å². The molecule has 124 valence electrons. The Balaban J connectivity index is 1.74. The van der Waals surface area contributed by atoms with Crippen LogP contribution >= 0.6 is 47.8 Å². The topological polar surface area (TPSA) is 20.3 Å². The summed E-state index contributed by atoms with van der Waals surface area (Å²) in [7, 11) is 0. The number of carbonyl (C=O) groups is 1. The van der Waals surface area contributed by atoms with Crippen molar-refractivity contribution in [3.05, 3.63) is 29.8 Å². The molecule has 1 heterocycles. The fourth-order valence-corrected chi connectivity index (χ4v) is 10.4. The van der Waals surface area contributed by atoms with Crippen molar-refractivity contribution in [2.45, 2.75) is 41.7 Å². The maximum atomic E-state index is 13.6. The van der Waals surface area contributed by atoms with Gasteiger partial charge < -0.3 is 4.90 Å². The first kappa shape index (κ1) is 16.6. The van der Waals surface area contributed by atoms with E-state index in [0.29, 0.717) is 5.91 Å². The molecule has 1 aliphatic heterocycles. The third-order valence-corrected chi connectivity index (χ3v) is 10.2. The Morgan fingerprint density at radius 1 is 1.26 bits per heavy atom. The molecular formula is C18H20Br3NO. The monoisotopic (exact) mass is 503 g/mol. The van der Waals surface area contributed by atoms with Crippen LogP contribution in [0.15, 0.2) is 24.3 Å². The molecule has 3 saturated carbocycles. The van der Waals surface area contributed by atoms with Gasteiger partial charge in [-0.05, 0) is 36.3 Å². The molecule has 3 unspecified atom stereocenters. The number of anilines is 1. The lowest BCUT2D eigenvalue weighted by molar-refractivity contribution is -0.158. The number of hydrogen-bond acceptors (Lipinski definition) is 1. The van der Waals surface area contributed by atoms with Crippen LogP contribution < -0.4 is 4.90 Å². The maximum Gasteiger partial charge on any atom is 0.234 e. The lowest BCUT2D eigenvalue weighted by Crippen LogP contribution is -2.72. The van der Waals surface area contributed by atoms with Crippen molar-refractivity contribution in [2.75, 3.05) is 11.4 Å². The summed E-state index contributed by atoms with van der Waals surface area (Å²) in [6.07, 6.45) is 3.00. The van der Waals surface area contributed by atoms with Crippen LogP contribution in [0.1, 0.15) is 32.3 Å². The first-order valence-corrected chi connectivity index (χ1v) is 10.9. The van der Waals surface area contributed by atoms with E-state index >= 15 is 0 Å². The van der Waals surface area contributed by atoms with Crippen LogP contribution in [0.2, 0.25) is 0 Å². The number of hydrogen-bond donors (Lipinski definition) is 0. The van der Waals surface area contributed by atoms with Gasteiger partial charge in [0, 0.05) is 22.5 Å². The SMILES string of the molecule is CC1(C)C2(C(=O)N3CCc4ccccc43)CCC1(C(Br)Br)C2Br. The molecule has 5 rings (SSSR count). The lowest BCUT2D eigenvalue weighted by atomic mass is 9.43. The molecule has 3 aliphatic carbocycles. The summed E-state index contributed by atoms with van der Waals surface area (Å²) in [5.74, 6) is 0.308. The minimum atomic E-state index is -0.301. The smallest absolute Gasteiger partial charge is 0.234 e. The molecule has 1 amide bonds. The summed E-state index contributed by atoms with van der Waals surface area (Å²) < 4.78 is 0.219. The van der Waals surface area contributed by atoms with E-state index in [-0.39, 0.29) is 24.8 Å². The van der Waals surface area contributed by atoms with Gasteiger partial charge in [0.15, 0.2) is 0 Å². The van der Waals surface area contributed by atoms with E-state index in [9.17, 15) is 4.79 Å². The zero-order valence-corrected chi connectivity index (χ0v) is 18.0. The molecule has 0 N–H and O–H groups in total. The second kappa shape index (κ2) is 5.07. The average molecular weight is 506 g/mol. The van der Waals surface area contributed by atoms with Crippen molar-refractivity contribution >= 4 is 59.4 Å². The van der Waals surface area contributed by atoms with Crippen LogP contribution in [-0.2, 0) is 11.2 Å². The highest BCUT2D eigenvalue weighted by Gasteiger charge is 2.83. The van der Waals surface area contributed by atoms with Gasteiger partial charge in [-0.3, -0.25) is 4.79 Å². The van der Waals surface area contributed by atoms with Gasteiger partial charge in [0.1, 0.15) is 0 Å². The van der Waals surface area contributed by atoms with E-state index in [0.717, 1.165) is 31.5 Å². The highest BCUT2D eigenvalue weighted by atomic mass is 79.9. The number of fused-ring (bicyclic) bond motifs is 2. The van der Waals surface area contributed by atoms with Gasteiger partial charge in [0.05, 0.1) is 9.15 Å². The molecule has 0 saturated heterocycles. The van der Waals surface area contributed by atoms with E-state index in [1.165, 1.54) is 5.56 Å². The van der Waals surface area contributed by atoms with Crippen LogP contribution in [0, 0.1) is 16.2 Å². The van der Waals surface area contributed by atoms with Crippen LogP contribution in [0.3, 0.4) is 0 Å². The van der Waals surface area contributed by atoms with Crippen molar-refractivity contribution in [3.8, 4) is 0 Å². The molecule has 2 bridgehead atoms. The third kappa shape index (κ3) is 1.68. The van der Waals surface area contributed by atoms with E-state index in [1.54, 1.807) is 0 Å². The van der Waals surface area contributed by atoms with Crippen molar-refractivity contribution in [1.29, 1.82) is 0 Å². The van der Waals surface area contributed by atoms with Gasteiger partial charge in [-0.25, -0.2) is 0 Å². The predicted molar refractivity (Wildman–Crippen MR) is 105 cm³/mol. The van der Waals surface area contributed by atoms with Crippen molar-refractivity contribution < 1.29 is 4.79 Å². The van der Waals surface area contributed by atoms with Crippen molar-refractivity contribution in [3.63, 3.8) is 0 Å². The summed E-state index contributed by atoms with van der Waals surface area (Å²) in [6.45, 7) is 5.36. The quantitative estimate of drug-likeness (QED) is 0.502. The van der Waals surface area contributed by atoms with E-state index in [2.05, 4.69) is 79.8 Å². The van der Waals surface area contributed by atoms with Crippen LogP contribution in [0.25, 0.3) is 0 Å². The maximum absolute atomic E-state index is 13.6. The van der Waals surface area contributed by atoms with E-state index < -0.39 is 0 Å². The Kier molecular flexibility index (Phi) is 3.66. The number of benzene rings is 1. The first-order chi connectivity index (χ1) is 10.8. The van der Waals surface area contributed by atoms with Crippen LogP contribution in [0.4, 0.5) is 5.69 Å². The normalized spacial score (nSPS) is 37.0. The van der Waals surface area contributed by atoms with Gasteiger partial charge in [-0.2, -0.15) is 0 Å². The molecule has 1 aromatic rings. The number of amides is 1. The largest absolute Gasteiger partial charge is 0.311 e. The number of rotatable bonds is 2. The highest BCUT2D eigenvalue weighted by molar-refractivity contribution is 9.24. The second-order valence-electron chi connectivity index (χ2n) is 7.64. The molecule has 1 aromatic carbocycles. The highest BCUT2D eigenvalue weighted by Crippen LogP contribution is 2.82.